The van der Waals surface area contributed by atoms with Crippen LogP contribution in [0, 0.1) is 11.7 Å². The van der Waals surface area contributed by atoms with Crippen LogP contribution in [-0.4, -0.2) is 27.3 Å². The van der Waals surface area contributed by atoms with Crippen LogP contribution in [0.25, 0.3) is 17.1 Å². The standard InChI is InChI=1S/C21H23FN4O2/c1-4-28-21-24-20(17-7-5-6-8-18(17)22)26(25-21)16-11-9-15(10-12-16)23-19(27)13-14(2)3/h5-12,14H,4,13H2,1-3H3,(H,23,27). The summed E-state index contributed by atoms with van der Waals surface area (Å²) in [6.07, 6.45) is 0.458. The van der Waals surface area contributed by atoms with Gasteiger partial charge in [0.25, 0.3) is 0 Å². The number of hydrogen-bond donors (Lipinski definition) is 1. The first-order valence-corrected chi connectivity index (χ1v) is 9.23. The Morgan fingerprint density at radius 1 is 1.18 bits per heavy atom. The topological polar surface area (TPSA) is 69.0 Å². The van der Waals surface area contributed by atoms with E-state index in [-0.39, 0.29) is 17.8 Å². The summed E-state index contributed by atoms with van der Waals surface area (Å²) >= 11 is 0. The highest BCUT2D eigenvalue weighted by Gasteiger charge is 2.17. The zero-order valence-electron chi connectivity index (χ0n) is 16.1. The third-order valence-corrected chi connectivity index (χ3v) is 3.97. The number of ether oxygens (including phenoxy) is 1. The van der Waals surface area contributed by atoms with Gasteiger partial charge in [0.15, 0.2) is 5.82 Å². The van der Waals surface area contributed by atoms with Crippen molar-refractivity contribution in [2.45, 2.75) is 27.2 Å². The van der Waals surface area contributed by atoms with E-state index < -0.39 is 5.82 Å². The summed E-state index contributed by atoms with van der Waals surface area (Å²) in [6, 6.07) is 13.7. The molecule has 146 valence electrons. The van der Waals surface area contributed by atoms with Crippen LogP contribution in [-0.2, 0) is 4.79 Å². The summed E-state index contributed by atoms with van der Waals surface area (Å²) in [5.41, 5.74) is 1.70. The lowest BCUT2D eigenvalue weighted by Crippen LogP contribution is -2.13. The molecule has 1 amide bonds. The summed E-state index contributed by atoms with van der Waals surface area (Å²) in [6.45, 7) is 6.22. The fraction of sp³-hybridized carbons (Fsp3) is 0.286. The maximum absolute atomic E-state index is 14.3. The predicted octanol–water partition coefficient (Wildman–Crippen LogP) is 4.46. The zero-order chi connectivity index (χ0) is 20.1. The van der Waals surface area contributed by atoms with Gasteiger partial charge in [0.1, 0.15) is 5.82 Å². The molecule has 0 aliphatic heterocycles. The first kappa shape index (κ1) is 19.5. The van der Waals surface area contributed by atoms with Crippen molar-refractivity contribution >= 4 is 11.6 Å². The number of hydrogen-bond acceptors (Lipinski definition) is 4. The predicted molar refractivity (Wildman–Crippen MR) is 106 cm³/mol. The molecule has 0 aliphatic carbocycles. The van der Waals surface area contributed by atoms with Crippen molar-refractivity contribution in [2.24, 2.45) is 5.92 Å². The second kappa shape index (κ2) is 8.65. The van der Waals surface area contributed by atoms with E-state index in [9.17, 15) is 9.18 Å². The average Bonchev–Trinajstić information content (AvgIpc) is 3.06. The quantitative estimate of drug-likeness (QED) is 0.655. The molecule has 3 aromatic rings. The number of carbonyl (C=O) groups excluding carboxylic acids is 1. The van der Waals surface area contributed by atoms with Crippen molar-refractivity contribution in [2.75, 3.05) is 11.9 Å². The van der Waals surface area contributed by atoms with Gasteiger partial charge in [-0.1, -0.05) is 26.0 Å². The van der Waals surface area contributed by atoms with E-state index >= 15 is 0 Å². The van der Waals surface area contributed by atoms with E-state index in [4.69, 9.17) is 4.74 Å². The van der Waals surface area contributed by atoms with Gasteiger partial charge in [0, 0.05) is 12.1 Å². The zero-order valence-corrected chi connectivity index (χ0v) is 16.1. The number of aromatic nitrogens is 3. The smallest absolute Gasteiger partial charge is 0.336 e. The minimum Gasteiger partial charge on any atom is -0.463 e. The van der Waals surface area contributed by atoms with Crippen molar-refractivity contribution < 1.29 is 13.9 Å². The van der Waals surface area contributed by atoms with Gasteiger partial charge in [-0.2, -0.15) is 4.98 Å². The molecule has 7 heteroatoms. The van der Waals surface area contributed by atoms with Crippen LogP contribution in [0.15, 0.2) is 48.5 Å². The third kappa shape index (κ3) is 4.54. The van der Waals surface area contributed by atoms with E-state index in [0.29, 0.717) is 35.8 Å². The Labute approximate surface area is 163 Å². The maximum atomic E-state index is 14.3. The van der Waals surface area contributed by atoms with Gasteiger partial charge in [-0.3, -0.25) is 4.79 Å². The first-order chi connectivity index (χ1) is 13.5. The largest absolute Gasteiger partial charge is 0.463 e. The Bertz CT molecular complexity index is 951. The number of nitrogens with one attached hydrogen (secondary N) is 1. The summed E-state index contributed by atoms with van der Waals surface area (Å²) in [7, 11) is 0. The first-order valence-electron chi connectivity index (χ1n) is 9.23. The minimum absolute atomic E-state index is 0.0332. The Kier molecular flexibility index (Phi) is 6.03. The van der Waals surface area contributed by atoms with Gasteiger partial charge in [-0.05, 0) is 49.2 Å². The molecule has 6 nitrogen and oxygen atoms in total. The second-order valence-electron chi connectivity index (χ2n) is 6.74. The molecule has 0 atom stereocenters. The van der Waals surface area contributed by atoms with Gasteiger partial charge in [0.05, 0.1) is 17.9 Å². The summed E-state index contributed by atoms with van der Waals surface area (Å²) in [5.74, 6) is 0.207. The highest BCUT2D eigenvalue weighted by Crippen LogP contribution is 2.26. The van der Waals surface area contributed by atoms with Crippen molar-refractivity contribution in [1.29, 1.82) is 0 Å². The van der Waals surface area contributed by atoms with Crippen molar-refractivity contribution in [3.05, 3.63) is 54.3 Å². The van der Waals surface area contributed by atoms with Crippen LogP contribution in [0.2, 0.25) is 0 Å². The van der Waals surface area contributed by atoms with Crippen molar-refractivity contribution in [3.63, 3.8) is 0 Å². The number of anilines is 1. The number of rotatable bonds is 7. The molecule has 1 N–H and O–H groups in total. The fourth-order valence-electron chi connectivity index (χ4n) is 2.75. The molecule has 28 heavy (non-hydrogen) atoms. The molecule has 1 aromatic heterocycles. The lowest BCUT2D eigenvalue weighted by Gasteiger charge is -2.09. The van der Waals surface area contributed by atoms with Crippen LogP contribution in [0.3, 0.4) is 0 Å². The number of benzene rings is 2. The molecule has 0 aliphatic rings. The van der Waals surface area contributed by atoms with Gasteiger partial charge in [0.2, 0.25) is 5.91 Å². The lowest BCUT2D eigenvalue weighted by molar-refractivity contribution is -0.116. The number of nitrogens with zero attached hydrogens (tertiary/aromatic N) is 3. The molecule has 0 spiro atoms. The monoisotopic (exact) mass is 382 g/mol. The SMILES string of the molecule is CCOc1nc(-c2ccccc2F)n(-c2ccc(NC(=O)CC(C)C)cc2)n1. The number of amides is 1. The molecule has 0 unspecified atom stereocenters. The second-order valence-corrected chi connectivity index (χ2v) is 6.74. The summed E-state index contributed by atoms with van der Waals surface area (Å²) < 4.78 is 21.2. The minimum atomic E-state index is -0.392. The molecular weight excluding hydrogens is 359 g/mol. The Hall–Kier alpha value is -3.22. The van der Waals surface area contributed by atoms with Crippen LogP contribution < -0.4 is 10.1 Å². The van der Waals surface area contributed by atoms with Gasteiger partial charge < -0.3 is 10.1 Å². The highest BCUT2D eigenvalue weighted by atomic mass is 19.1. The van der Waals surface area contributed by atoms with Crippen LogP contribution in [0.5, 0.6) is 6.01 Å². The van der Waals surface area contributed by atoms with E-state index in [2.05, 4.69) is 15.4 Å². The molecule has 0 radical (unpaired) electrons. The molecule has 3 rings (SSSR count). The van der Waals surface area contributed by atoms with Crippen LogP contribution in [0.4, 0.5) is 10.1 Å². The van der Waals surface area contributed by atoms with E-state index in [1.54, 1.807) is 42.5 Å². The van der Waals surface area contributed by atoms with Gasteiger partial charge >= 0.3 is 6.01 Å². The van der Waals surface area contributed by atoms with Gasteiger partial charge in [-0.15, -0.1) is 5.10 Å². The molecule has 1 heterocycles. The normalized spacial score (nSPS) is 10.9. The fourth-order valence-corrected chi connectivity index (χ4v) is 2.75. The van der Waals surface area contributed by atoms with Crippen molar-refractivity contribution in [1.82, 2.24) is 14.8 Å². The molecule has 0 bridgehead atoms. The highest BCUT2D eigenvalue weighted by molar-refractivity contribution is 5.90. The summed E-state index contributed by atoms with van der Waals surface area (Å²) in [5, 5.41) is 7.21. The maximum Gasteiger partial charge on any atom is 0.336 e. The Morgan fingerprint density at radius 2 is 1.89 bits per heavy atom. The van der Waals surface area contributed by atoms with Crippen LogP contribution >= 0.6 is 0 Å². The average molecular weight is 382 g/mol. The van der Waals surface area contributed by atoms with E-state index in [1.807, 2.05) is 20.8 Å². The Balaban J connectivity index is 1.92. The molecule has 0 saturated heterocycles. The van der Waals surface area contributed by atoms with Crippen LogP contribution in [0.1, 0.15) is 27.2 Å². The van der Waals surface area contributed by atoms with Gasteiger partial charge in [-0.25, -0.2) is 9.07 Å². The Morgan fingerprint density at radius 3 is 2.54 bits per heavy atom. The van der Waals surface area contributed by atoms with E-state index in [1.165, 1.54) is 10.7 Å². The summed E-state index contributed by atoms with van der Waals surface area (Å²) in [4.78, 5) is 16.3. The third-order valence-electron chi connectivity index (χ3n) is 3.97. The molecule has 0 saturated carbocycles. The number of carbonyl (C=O) groups is 1. The lowest BCUT2D eigenvalue weighted by atomic mass is 10.1. The molecular formula is C21H23FN4O2. The van der Waals surface area contributed by atoms with E-state index in [0.717, 1.165) is 0 Å². The molecule has 2 aromatic carbocycles. The number of halogens is 1. The van der Waals surface area contributed by atoms with Crippen molar-refractivity contribution in [3.8, 4) is 23.1 Å². The molecule has 0 fully saturated rings.